The van der Waals surface area contributed by atoms with Gasteiger partial charge in [0.05, 0.1) is 26.0 Å². The maximum absolute atomic E-state index is 11.9. The van der Waals surface area contributed by atoms with Gasteiger partial charge in [-0.05, 0) is 24.3 Å². The monoisotopic (exact) mass is 328 g/mol. The summed E-state index contributed by atoms with van der Waals surface area (Å²) in [6.07, 6.45) is 4.64. The van der Waals surface area contributed by atoms with Crippen molar-refractivity contribution in [1.29, 1.82) is 0 Å². The maximum atomic E-state index is 11.9. The van der Waals surface area contributed by atoms with Crippen molar-refractivity contribution in [3.63, 3.8) is 0 Å². The standard InChI is InChI=1S/C17H20N4O3/c1-3-8-18-16-12-20-15(11-21-16)17(22)19-9-10-24-14-6-4-13(23-2)5-7-14/h3-7,11-12H,1,8-10H2,2H3,(H,18,21)(H,19,22). The van der Waals surface area contributed by atoms with E-state index in [1.165, 1.54) is 12.4 Å². The molecular formula is C17H20N4O3. The molecule has 0 bridgehead atoms. The minimum Gasteiger partial charge on any atom is -0.497 e. The summed E-state index contributed by atoms with van der Waals surface area (Å²) in [7, 11) is 1.61. The normalized spacial score (nSPS) is 9.88. The summed E-state index contributed by atoms with van der Waals surface area (Å²) in [5.74, 6) is 1.77. The Labute approximate surface area is 140 Å². The van der Waals surface area contributed by atoms with Crippen molar-refractivity contribution < 1.29 is 14.3 Å². The Balaban J connectivity index is 1.73. The van der Waals surface area contributed by atoms with E-state index < -0.39 is 0 Å². The van der Waals surface area contributed by atoms with Crippen molar-refractivity contribution in [3.8, 4) is 11.5 Å². The summed E-state index contributed by atoms with van der Waals surface area (Å²) >= 11 is 0. The van der Waals surface area contributed by atoms with Crippen LogP contribution in [0.2, 0.25) is 0 Å². The first-order chi connectivity index (χ1) is 11.7. The van der Waals surface area contributed by atoms with Gasteiger partial charge in [0, 0.05) is 6.54 Å². The Morgan fingerprint density at radius 1 is 1.21 bits per heavy atom. The molecule has 0 radical (unpaired) electrons. The lowest BCUT2D eigenvalue weighted by Gasteiger charge is -2.08. The van der Waals surface area contributed by atoms with E-state index in [-0.39, 0.29) is 11.6 Å². The minimum atomic E-state index is -0.295. The van der Waals surface area contributed by atoms with Gasteiger partial charge < -0.3 is 20.1 Å². The van der Waals surface area contributed by atoms with Crippen LogP contribution in [0.1, 0.15) is 10.5 Å². The number of aromatic nitrogens is 2. The molecule has 126 valence electrons. The third-order valence-electron chi connectivity index (χ3n) is 3.03. The molecule has 0 saturated carbocycles. The highest BCUT2D eigenvalue weighted by Gasteiger charge is 2.07. The van der Waals surface area contributed by atoms with E-state index in [9.17, 15) is 4.79 Å². The van der Waals surface area contributed by atoms with Crippen LogP contribution in [0.5, 0.6) is 11.5 Å². The second-order valence-corrected chi connectivity index (χ2v) is 4.74. The maximum Gasteiger partial charge on any atom is 0.271 e. The molecule has 0 aliphatic rings. The summed E-state index contributed by atoms with van der Waals surface area (Å²) in [5.41, 5.74) is 0.253. The van der Waals surface area contributed by atoms with Crippen LogP contribution in [-0.4, -0.2) is 42.7 Å². The van der Waals surface area contributed by atoms with E-state index >= 15 is 0 Å². The Morgan fingerprint density at radius 2 is 1.96 bits per heavy atom. The molecule has 0 atom stereocenters. The van der Waals surface area contributed by atoms with Crippen LogP contribution in [0.15, 0.2) is 49.3 Å². The number of nitrogens with zero attached hydrogens (tertiary/aromatic N) is 2. The number of hydrogen-bond acceptors (Lipinski definition) is 6. The second-order valence-electron chi connectivity index (χ2n) is 4.74. The number of carbonyl (C=O) groups is 1. The highest BCUT2D eigenvalue weighted by Crippen LogP contribution is 2.16. The lowest BCUT2D eigenvalue weighted by atomic mass is 10.3. The first-order valence-electron chi connectivity index (χ1n) is 7.45. The topological polar surface area (TPSA) is 85.4 Å². The Kier molecular flexibility index (Phi) is 6.58. The van der Waals surface area contributed by atoms with Crippen molar-refractivity contribution >= 4 is 11.7 Å². The molecule has 0 fully saturated rings. The molecule has 1 heterocycles. The number of ether oxygens (including phenoxy) is 2. The van der Waals surface area contributed by atoms with Crippen molar-refractivity contribution in [2.75, 3.05) is 32.1 Å². The fraction of sp³-hybridized carbons (Fsp3) is 0.235. The van der Waals surface area contributed by atoms with E-state index in [0.717, 1.165) is 5.75 Å². The molecule has 2 N–H and O–H groups in total. The van der Waals surface area contributed by atoms with Crippen LogP contribution >= 0.6 is 0 Å². The third kappa shape index (κ3) is 5.28. The molecule has 1 aromatic heterocycles. The van der Waals surface area contributed by atoms with E-state index in [1.54, 1.807) is 25.3 Å². The molecule has 0 saturated heterocycles. The van der Waals surface area contributed by atoms with Crippen LogP contribution in [0.25, 0.3) is 0 Å². The van der Waals surface area contributed by atoms with Gasteiger partial charge in [0.2, 0.25) is 0 Å². The van der Waals surface area contributed by atoms with Crippen molar-refractivity contribution in [1.82, 2.24) is 15.3 Å². The molecule has 7 heteroatoms. The van der Waals surface area contributed by atoms with Crippen molar-refractivity contribution in [2.45, 2.75) is 0 Å². The van der Waals surface area contributed by atoms with E-state index in [4.69, 9.17) is 9.47 Å². The first kappa shape index (κ1) is 17.3. The quantitative estimate of drug-likeness (QED) is 0.540. The average molecular weight is 328 g/mol. The number of amides is 1. The molecule has 1 amide bonds. The molecule has 2 aromatic rings. The number of rotatable bonds is 9. The number of nitrogens with one attached hydrogen (secondary N) is 2. The van der Waals surface area contributed by atoms with Gasteiger partial charge >= 0.3 is 0 Å². The Hall–Kier alpha value is -3.09. The van der Waals surface area contributed by atoms with Gasteiger partial charge in [-0.2, -0.15) is 0 Å². The fourth-order valence-electron chi connectivity index (χ4n) is 1.81. The summed E-state index contributed by atoms with van der Waals surface area (Å²) < 4.78 is 10.6. The molecule has 0 unspecified atom stereocenters. The summed E-state index contributed by atoms with van der Waals surface area (Å²) in [5, 5.41) is 5.71. The van der Waals surface area contributed by atoms with Gasteiger partial charge in [0.25, 0.3) is 5.91 Å². The molecule has 7 nitrogen and oxygen atoms in total. The second kappa shape index (κ2) is 9.14. The van der Waals surface area contributed by atoms with Crippen LogP contribution in [-0.2, 0) is 0 Å². The smallest absolute Gasteiger partial charge is 0.271 e. The van der Waals surface area contributed by atoms with Crippen LogP contribution in [0.4, 0.5) is 5.82 Å². The van der Waals surface area contributed by atoms with E-state index in [2.05, 4.69) is 27.2 Å². The molecule has 0 aliphatic carbocycles. The van der Waals surface area contributed by atoms with Crippen molar-refractivity contribution in [2.24, 2.45) is 0 Å². The highest BCUT2D eigenvalue weighted by molar-refractivity contribution is 5.91. The lowest BCUT2D eigenvalue weighted by molar-refractivity contribution is 0.0941. The summed E-state index contributed by atoms with van der Waals surface area (Å²) in [6, 6.07) is 7.24. The number of methoxy groups -OCH3 is 1. The van der Waals surface area contributed by atoms with Crippen LogP contribution in [0, 0.1) is 0 Å². The number of benzene rings is 1. The zero-order valence-electron chi connectivity index (χ0n) is 13.5. The van der Waals surface area contributed by atoms with E-state index in [1.807, 2.05) is 12.1 Å². The largest absolute Gasteiger partial charge is 0.497 e. The third-order valence-corrected chi connectivity index (χ3v) is 3.03. The minimum absolute atomic E-state index is 0.253. The number of anilines is 1. The highest BCUT2D eigenvalue weighted by atomic mass is 16.5. The van der Waals surface area contributed by atoms with Crippen LogP contribution < -0.4 is 20.1 Å². The molecule has 0 spiro atoms. The predicted molar refractivity (Wildman–Crippen MR) is 91.5 cm³/mol. The van der Waals surface area contributed by atoms with Crippen LogP contribution in [0.3, 0.4) is 0 Å². The van der Waals surface area contributed by atoms with E-state index in [0.29, 0.717) is 31.3 Å². The Morgan fingerprint density at radius 3 is 2.58 bits per heavy atom. The molecule has 0 aliphatic heterocycles. The van der Waals surface area contributed by atoms with Gasteiger partial charge in [-0.1, -0.05) is 6.08 Å². The van der Waals surface area contributed by atoms with Gasteiger partial charge in [-0.25, -0.2) is 9.97 Å². The SMILES string of the molecule is C=CCNc1cnc(C(=O)NCCOc2ccc(OC)cc2)cn1. The Bertz CT molecular complexity index is 657. The number of carbonyl (C=O) groups excluding carboxylic acids is 1. The van der Waals surface area contributed by atoms with Crippen molar-refractivity contribution in [3.05, 3.63) is 55.0 Å². The van der Waals surface area contributed by atoms with Gasteiger partial charge in [-0.15, -0.1) is 6.58 Å². The van der Waals surface area contributed by atoms with Gasteiger partial charge in [0.15, 0.2) is 0 Å². The molecule has 24 heavy (non-hydrogen) atoms. The number of hydrogen-bond donors (Lipinski definition) is 2. The zero-order valence-corrected chi connectivity index (χ0v) is 13.5. The summed E-state index contributed by atoms with van der Waals surface area (Å²) in [6.45, 7) is 4.90. The summed E-state index contributed by atoms with van der Waals surface area (Å²) in [4.78, 5) is 20.1. The molecule has 1 aromatic carbocycles. The fourth-order valence-corrected chi connectivity index (χ4v) is 1.81. The zero-order chi connectivity index (χ0) is 17.2. The molecular weight excluding hydrogens is 308 g/mol. The van der Waals surface area contributed by atoms with Gasteiger partial charge in [-0.3, -0.25) is 4.79 Å². The first-order valence-corrected chi connectivity index (χ1v) is 7.45. The average Bonchev–Trinajstić information content (AvgIpc) is 2.64. The predicted octanol–water partition coefficient (Wildman–Crippen LogP) is 1.89. The lowest BCUT2D eigenvalue weighted by Crippen LogP contribution is -2.28. The molecule has 2 rings (SSSR count). The van der Waals surface area contributed by atoms with Gasteiger partial charge in [0.1, 0.15) is 29.6 Å².